The molecular weight excluding hydrogens is 443 g/mol. The maximum atomic E-state index is 11.9. The monoisotopic (exact) mass is 474 g/mol. The molecule has 27 heavy (non-hydrogen) atoms. The highest BCUT2D eigenvalue weighted by atomic mass is 35.7. The summed E-state index contributed by atoms with van der Waals surface area (Å²) in [7, 11) is -1.82. The van der Waals surface area contributed by atoms with Crippen LogP contribution in [0.15, 0.2) is 5.16 Å². The quantitative estimate of drug-likeness (QED) is 0.275. The summed E-state index contributed by atoms with van der Waals surface area (Å²) in [6, 6.07) is 0.966. The molecule has 11 heteroatoms. The Morgan fingerprint density at radius 3 is 2.15 bits per heavy atom. The first kappa shape index (κ1) is 25.1. The lowest BCUT2D eigenvalue weighted by Gasteiger charge is -2.36. The van der Waals surface area contributed by atoms with Crippen molar-refractivity contribution in [1.29, 1.82) is 0 Å². The number of ether oxygens (including phenoxy) is 1. The molecule has 6 nitrogen and oxygen atoms in total. The fraction of sp³-hybridized carbons (Fsp3) is 0.812. The van der Waals surface area contributed by atoms with E-state index < -0.39 is 25.4 Å². The average Bonchev–Trinajstić information content (AvgIpc) is 2.75. The highest BCUT2D eigenvalue weighted by Crippen LogP contribution is 2.37. The zero-order valence-electron chi connectivity index (χ0n) is 17.5. The van der Waals surface area contributed by atoms with E-state index in [9.17, 15) is 8.42 Å². The second kappa shape index (κ2) is 8.85. The summed E-state index contributed by atoms with van der Waals surface area (Å²) in [5.74, 6) is 0. The minimum absolute atomic E-state index is 0.0134. The highest BCUT2D eigenvalue weighted by molar-refractivity contribution is 8.13. The van der Waals surface area contributed by atoms with E-state index in [1.165, 1.54) is 4.57 Å². The first-order valence-electron chi connectivity index (χ1n) is 8.87. The van der Waals surface area contributed by atoms with Crippen molar-refractivity contribution >= 4 is 47.7 Å². The normalized spacial score (nSPS) is 14.0. The Balaban J connectivity index is 3.08. The van der Waals surface area contributed by atoms with Gasteiger partial charge < -0.3 is 9.16 Å². The summed E-state index contributed by atoms with van der Waals surface area (Å²) < 4.78 is 37.1. The molecule has 0 aromatic carbocycles. The first-order chi connectivity index (χ1) is 12.0. The third-order valence-corrected chi connectivity index (χ3v) is 12.4. The second-order valence-electron chi connectivity index (χ2n) is 9.39. The predicted molar refractivity (Wildman–Crippen MR) is 116 cm³/mol. The molecule has 0 N–H and O–H groups in total. The number of aromatic nitrogens is 2. The van der Waals surface area contributed by atoms with Gasteiger partial charge in [-0.1, -0.05) is 52.0 Å². The standard InChI is InChI=1S/C16H32Cl2N2O4SSi2/c1-16(2,3)27(7,8)24-11-13-14(17)19-15(25(18,21)22)20(13)12-23-9-10-26(4,5)6/h9-12H2,1-8H3. The van der Waals surface area contributed by atoms with E-state index in [0.29, 0.717) is 12.3 Å². The van der Waals surface area contributed by atoms with Crippen LogP contribution in [0.1, 0.15) is 26.5 Å². The molecule has 1 heterocycles. The van der Waals surface area contributed by atoms with Gasteiger partial charge in [0.25, 0.3) is 9.05 Å². The van der Waals surface area contributed by atoms with Gasteiger partial charge in [0.15, 0.2) is 13.5 Å². The molecule has 0 aliphatic rings. The summed E-state index contributed by atoms with van der Waals surface area (Å²) in [5.41, 5.74) is 0.466. The van der Waals surface area contributed by atoms with Crippen molar-refractivity contribution < 1.29 is 17.6 Å². The van der Waals surface area contributed by atoms with Gasteiger partial charge in [-0.25, -0.2) is 13.4 Å². The fourth-order valence-electron chi connectivity index (χ4n) is 1.89. The van der Waals surface area contributed by atoms with Crippen LogP contribution in [-0.2, 0) is 31.6 Å². The largest absolute Gasteiger partial charge is 0.411 e. The molecule has 0 amide bonds. The minimum atomic E-state index is -4.06. The van der Waals surface area contributed by atoms with Crippen LogP contribution in [0.25, 0.3) is 0 Å². The van der Waals surface area contributed by atoms with E-state index in [4.69, 9.17) is 31.4 Å². The molecule has 0 atom stereocenters. The Kier molecular flexibility index (Phi) is 8.24. The smallest absolute Gasteiger partial charge is 0.295 e. The molecule has 0 aliphatic heterocycles. The molecule has 0 bridgehead atoms. The van der Waals surface area contributed by atoms with Crippen molar-refractivity contribution in [2.75, 3.05) is 6.61 Å². The van der Waals surface area contributed by atoms with Crippen LogP contribution in [0, 0.1) is 0 Å². The van der Waals surface area contributed by atoms with E-state index >= 15 is 0 Å². The van der Waals surface area contributed by atoms with Crippen molar-refractivity contribution in [3.8, 4) is 0 Å². The molecule has 1 rings (SSSR count). The molecule has 0 saturated heterocycles. The Morgan fingerprint density at radius 1 is 1.15 bits per heavy atom. The number of halogens is 2. The molecular formula is C16H32Cl2N2O4SSi2. The van der Waals surface area contributed by atoms with Gasteiger partial charge in [-0.15, -0.1) is 0 Å². The van der Waals surface area contributed by atoms with Crippen LogP contribution in [0.4, 0.5) is 0 Å². The van der Waals surface area contributed by atoms with Crippen LogP contribution in [0.2, 0.25) is 49.0 Å². The van der Waals surface area contributed by atoms with Crippen molar-refractivity contribution in [2.24, 2.45) is 0 Å². The summed E-state index contributed by atoms with van der Waals surface area (Å²) in [4.78, 5) is 3.94. The van der Waals surface area contributed by atoms with Crippen LogP contribution in [0.5, 0.6) is 0 Å². The Labute approximate surface area is 175 Å². The van der Waals surface area contributed by atoms with Crippen LogP contribution in [-0.4, -0.2) is 41.0 Å². The van der Waals surface area contributed by atoms with E-state index in [0.717, 1.165) is 6.04 Å². The second-order valence-corrected chi connectivity index (χ2v) is 22.6. The maximum absolute atomic E-state index is 11.9. The van der Waals surface area contributed by atoms with E-state index in [1.807, 2.05) is 0 Å². The third kappa shape index (κ3) is 7.45. The highest BCUT2D eigenvalue weighted by Gasteiger charge is 2.38. The van der Waals surface area contributed by atoms with Gasteiger partial charge in [0, 0.05) is 25.4 Å². The molecule has 158 valence electrons. The predicted octanol–water partition coefficient (Wildman–Crippen LogP) is 5.30. The number of rotatable bonds is 9. The van der Waals surface area contributed by atoms with Crippen LogP contribution in [0.3, 0.4) is 0 Å². The van der Waals surface area contributed by atoms with Gasteiger partial charge in [0.1, 0.15) is 6.73 Å². The SMILES string of the molecule is CC(C)(C)[Si](C)(C)OCc1c(Cl)nc(S(=O)(=O)Cl)n1COCC[Si](C)(C)C. The molecule has 0 aliphatic carbocycles. The topological polar surface area (TPSA) is 70.4 Å². The van der Waals surface area contributed by atoms with E-state index in [2.05, 4.69) is 58.5 Å². The van der Waals surface area contributed by atoms with Gasteiger partial charge in [0.2, 0.25) is 5.16 Å². The molecule has 0 fully saturated rings. The fourth-order valence-corrected chi connectivity index (χ4v) is 4.85. The number of imidazole rings is 1. The number of hydrogen-bond donors (Lipinski definition) is 0. The maximum Gasteiger partial charge on any atom is 0.295 e. The Hall–Kier alpha value is 0.0938. The molecule has 1 aromatic heterocycles. The third-order valence-electron chi connectivity index (χ3n) is 4.80. The molecule has 0 saturated carbocycles. The van der Waals surface area contributed by atoms with Crippen molar-refractivity contribution in [3.05, 3.63) is 10.8 Å². The van der Waals surface area contributed by atoms with E-state index in [1.54, 1.807) is 0 Å². The molecule has 0 radical (unpaired) electrons. The Morgan fingerprint density at radius 2 is 1.70 bits per heavy atom. The van der Waals surface area contributed by atoms with Crippen molar-refractivity contribution in [2.45, 2.75) is 83.1 Å². The number of hydrogen-bond acceptors (Lipinski definition) is 5. The first-order valence-corrected chi connectivity index (χ1v) is 18.2. The van der Waals surface area contributed by atoms with Crippen molar-refractivity contribution in [3.63, 3.8) is 0 Å². The summed E-state index contributed by atoms with van der Waals surface area (Å²) >= 11 is 6.22. The molecule has 0 unspecified atom stereocenters. The summed E-state index contributed by atoms with van der Waals surface area (Å²) in [6.07, 6.45) is 0. The lowest BCUT2D eigenvalue weighted by atomic mass is 10.2. The number of nitrogens with zero attached hydrogens (tertiary/aromatic N) is 2. The summed E-state index contributed by atoms with van der Waals surface area (Å²) in [6.45, 7) is 18.1. The van der Waals surface area contributed by atoms with Gasteiger partial charge in [0.05, 0.1) is 12.3 Å². The average molecular weight is 476 g/mol. The van der Waals surface area contributed by atoms with Crippen molar-refractivity contribution in [1.82, 2.24) is 9.55 Å². The minimum Gasteiger partial charge on any atom is -0.411 e. The van der Waals surface area contributed by atoms with Gasteiger partial charge >= 0.3 is 0 Å². The molecule has 0 spiro atoms. The van der Waals surface area contributed by atoms with Gasteiger partial charge in [-0.05, 0) is 24.2 Å². The Bertz CT molecular complexity index is 754. The van der Waals surface area contributed by atoms with Gasteiger partial charge in [-0.3, -0.25) is 4.57 Å². The summed E-state index contributed by atoms with van der Waals surface area (Å²) in [5, 5.41) is -0.225. The van der Waals surface area contributed by atoms with Gasteiger partial charge in [-0.2, -0.15) is 0 Å². The van der Waals surface area contributed by atoms with Crippen LogP contribution >= 0.6 is 22.3 Å². The van der Waals surface area contributed by atoms with Crippen LogP contribution < -0.4 is 0 Å². The zero-order chi connectivity index (χ0) is 21.3. The lowest BCUT2D eigenvalue weighted by molar-refractivity contribution is 0.0762. The lowest BCUT2D eigenvalue weighted by Crippen LogP contribution is -2.40. The zero-order valence-corrected chi connectivity index (χ0v) is 21.8. The molecule has 1 aromatic rings. The van der Waals surface area contributed by atoms with E-state index in [-0.39, 0.29) is 28.7 Å².